The van der Waals surface area contributed by atoms with Gasteiger partial charge in [-0.05, 0) is 44.8 Å². The summed E-state index contributed by atoms with van der Waals surface area (Å²) in [4.78, 5) is 31.2. The lowest BCUT2D eigenvalue weighted by atomic mass is 10.1. The van der Waals surface area contributed by atoms with Gasteiger partial charge >= 0.3 is 6.09 Å². The SMILES string of the molecule is Cn1cc(-c2cnc3c(Nc4cc(C5CCN(C(=O)OC(C)(C)C)C5)ns4)nccn23)cn1.Cn1cc(-c2cnc3c(S(C)(=O)=O)nccn23)cn1. The van der Waals surface area contributed by atoms with Crippen molar-refractivity contribution in [2.24, 2.45) is 14.1 Å². The monoisotopic (exact) mass is 743 g/mol. The lowest BCUT2D eigenvalue weighted by Gasteiger charge is -2.24. The van der Waals surface area contributed by atoms with Crippen LogP contribution in [0.4, 0.5) is 15.6 Å². The van der Waals surface area contributed by atoms with Crippen LogP contribution in [0.2, 0.25) is 0 Å². The van der Waals surface area contributed by atoms with E-state index < -0.39 is 15.4 Å². The second-order valence-electron chi connectivity index (χ2n) is 13.4. The number of rotatable bonds is 6. The van der Waals surface area contributed by atoms with Crippen LogP contribution in [0.1, 0.15) is 38.8 Å². The number of hydrogen-bond donors (Lipinski definition) is 1. The molecule has 1 N–H and O–H groups in total. The normalized spacial score (nSPS) is 14.9. The first-order valence-electron chi connectivity index (χ1n) is 16.3. The number of amides is 1. The number of aromatic nitrogens is 11. The van der Waals surface area contributed by atoms with E-state index in [2.05, 4.69) is 39.8 Å². The number of imidazole rings is 2. The molecule has 1 atom stereocenters. The van der Waals surface area contributed by atoms with E-state index >= 15 is 0 Å². The van der Waals surface area contributed by atoms with Crippen LogP contribution in [-0.2, 0) is 28.7 Å². The van der Waals surface area contributed by atoms with Gasteiger partial charge in [0.25, 0.3) is 0 Å². The van der Waals surface area contributed by atoms with E-state index in [0.717, 1.165) is 51.5 Å². The quantitative estimate of drug-likeness (QED) is 0.250. The number of carbonyl (C=O) groups is 1. The third-order valence-corrected chi connectivity index (χ3v) is 9.91. The molecule has 8 heterocycles. The standard InChI is InChI=1S/C22H26N8O2S.C11H11N5O2S/c1-22(2,3)32-21(31)29-7-5-14(13-29)16-9-18(33-27-16)26-19-20-24-11-17(30(20)8-6-23-19)15-10-25-28(4)12-15;1-15-7-8(5-14-15)9-6-13-10-11(19(2,17)18)12-3-4-16(9)10/h6,8-12,14H,5,7,13H2,1-4H3,(H,23,26);3-7H,1-2H3. The fourth-order valence-electron chi connectivity index (χ4n) is 5.85. The predicted octanol–water partition coefficient (Wildman–Crippen LogP) is 4.59. The van der Waals surface area contributed by atoms with Crippen molar-refractivity contribution in [3.63, 3.8) is 0 Å². The molecule has 0 aromatic carbocycles. The van der Waals surface area contributed by atoms with Crippen LogP contribution in [0, 0.1) is 0 Å². The average molecular weight is 744 g/mol. The van der Waals surface area contributed by atoms with Crippen LogP contribution in [0.5, 0.6) is 0 Å². The molecule has 1 aliphatic heterocycles. The van der Waals surface area contributed by atoms with E-state index in [4.69, 9.17) is 4.74 Å². The maximum atomic E-state index is 12.4. The summed E-state index contributed by atoms with van der Waals surface area (Å²) in [6, 6.07) is 2.03. The number of hydrogen-bond acceptors (Lipinski definition) is 13. The van der Waals surface area contributed by atoms with E-state index in [-0.39, 0.29) is 17.0 Å². The zero-order chi connectivity index (χ0) is 36.8. The lowest BCUT2D eigenvalue weighted by Crippen LogP contribution is -2.35. The van der Waals surface area contributed by atoms with Gasteiger partial charge in [0.1, 0.15) is 10.6 Å². The molecule has 0 bridgehead atoms. The molecular weight excluding hydrogens is 707 g/mol. The number of ether oxygens (including phenoxy) is 1. The van der Waals surface area contributed by atoms with Crippen LogP contribution < -0.4 is 5.32 Å². The molecule has 1 fully saturated rings. The zero-order valence-electron chi connectivity index (χ0n) is 29.4. The highest BCUT2D eigenvalue weighted by atomic mass is 32.2. The van der Waals surface area contributed by atoms with Crippen molar-refractivity contribution in [3.05, 3.63) is 73.7 Å². The molecule has 7 aromatic heterocycles. The number of nitrogens with zero attached hydrogens (tertiary/aromatic N) is 12. The van der Waals surface area contributed by atoms with E-state index in [1.807, 2.05) is 76.3 Å². The van der Waals surface area contributed by atoms with Crippen molar-refractivity contribution in [2.75, 3.05) is 24.7 Å². The largest absolute Gasteiger partial charge is 0.444 e. The minimum Gasteiger partial charge on any atom is -0.444 e. The van der Waals surface area contributed by atoms with Crippen molar-refractivity contribution in [2.45, 2.75) is 43.7 Å². The van der Waals surface area contributed by atoms with Crippen LogP contribution in [-0.4, -0.2) is 97.0 Å². The molecule has 1 aliphatic rings. The van der Waals surface area contributed by atoms with Gasteiger partial charge in [0.15, 0.2) is 32.0 Å². The van der Waals surface area contributed by atoms with E-state index in [1.54, 1.807) is 43.5 Å². The summed E-state index contributed by atoms with van der Waals surface area (Å²) in [6.45, 7) is 6.92. The molecule has 17 nitrogen and oxygen atoms in total. The van der Waals surface area contributed by atoms with Gasteiger partial charge in [-0.25, -0.2) is 33.1 Å². The topological polar surface area (TPSA) is 185 Å². The molecule has 270 valence electrons. The summed E-state index contributed by atoms with van der Waals surface area (Å²) in [7, 11) is 0.296. The fourth-order valence-corrected chi connectivity index (χ4v) is 7.31. The van der Waals surface area contributed by atoms with Gasteiger partial charge in [-0.3, -0.25) is 18.2 Å². The number of likely N-dealkylation sites (tertiary alicyclic amines) is 1. The Hall–Kier alpha value is -5.69. The van der Waals surface area contributed by atoms with Crippen LogP contribution >= 0.6 is 11.5 Å². The third kappa shape index (κ3) is 7.22. The maximum absolute atomic E-state index is 12.4. The minimum absolute atomic E-state index is 0.0230. The summed E-state index contributed by atoms with van der Waals surface area (Å²) >= 11 is 1.38. The first kappa shape index (κ1) is 34.7. The molecule has 0 saturated carbocycles. The number of fused-ring (bicyclic) bond motifs is 2. The lowest BCUT2D eigenvalue weighted by molar-refractivity contribution is 0.0292. The Labute approximate surface area is 303 Å². The minimum atomic E-state index is -3.41. The Morgan fingerprint density at radius 1 is 0.904 bits per heavy atom. The number of carbonyl (C=O) groups excluding carboxylic acids is 1. The second kappa shape index (κ2) is 13.5. The summed E-state index contributed by atoms with van der Waals surface area (Å²) in [5.41, 5.74) is 5.09. The first-order chi connectivity index (χ1) is 24.7. The first-order valence-corrected chi connectivity index (χ1v) is 18.9. The molecule has 1 unspecified atom stereocenters. The van der Waals surface area contributed by atoms with Crippen molar-refractivity contribution in [1.29, 1.82) is 0 Å². The predicted molar refractivity (Wildman–Crippen MR) is 194 cm³/mol. The van der Waals surface area contributed by atoms with E-state index in [0.29, 0.717) is 24.6 Å². The molecule has 0 radical (unpaired) electrons. The van der Waals surface area contributed by atoms with Gasteiger partial charge in [-0.15, -0.1) is 0 Å². The van der Waals surface area contributed by atoms with Gasteiger partial charge in [-0.2, -0.15) is 14.6 Å². The molecule has 52 heavy (non-hydrogen) atoms. The molecular formula is C33H37N13O4S2. The zero-order valence-corrected chi connectivity index (χ0v) is 31.0. The average Bonchev–Trinajstić information content (AvgIpc) is 3.92. The number of sulfone groups is 1. The van der Waals surface area contributed by atoms with Gasteiger partial charge in [0.05, 0.1) is 41.9 Å². The van der Waals surface area contributed by atoms with Gasteiger partial charge in [0, 0.05) is 87.7 Å². The molecule has 8 rings (SSSR count). The smallest absolute Gasteiger partial charge is 0.410 e. The fraction of sp³-hybridized carbons (Fsp3) is 0.333. The highest BCUT2D eigenvalue weighted by Gasteiger charge is 2.32. The highest BCUT2D eigenvalue weighted by Crippen LogP contribution is 2.33. The molecule has 0 aliphatic carbocycles. The Bertz CT molecular complexity index is 2500. The Balaban J connectivity index is 0.000000187. The second-order valence-corrected chi connectivity index (χ2v) is 16.1. The van der Waals surface area contributed by atoms with Gasteiger partial charge < -0.3 is 15.0 Å². The molecule has 1 saturated heterocycles. The Morgan fingerprint density at radius 2 is 1.52 bits per heavy atom. The van der Waals surface area contributed by atoms with Crippen molar-refractivity contribution in [3.8, 4) is 22.5 Å². The Morgan fingerprint density at radius 3 is 2.12 bits per heavy atom. The third-order valence-electron chi connectivity index (χ3n) is 8.20. The summed E-state index contributed by atoms with van der Waals surface area (Å²) < 4.78 is 40.6. The summed E-state index contributed by atoms with van der Waals surface area (Å²) in [5.74, 6) is 0.848. The van der Waals surface area contributed by atoms with Crippen LogP contribution in [0.3, 0.4) is 0 Å². The van der Waals surface area contributed by atoms with Crippen molar-refractivity contribution >= 4 is 49.6 Å². The van der Waals surface area contributed by atoms with E-state index in [9.17, 15) is 13.2 Å². The number of aryl methyl sites for hydroxylation is 2. The molecule has 19 heteroatoms. The van der Waals surface area contributed by atoms with Crippen LogP contribution in [0.15, 0.2) is 73.1 Å². The highest BCUT2D eigenvalue weighted by molar-refractivity contribution is 7.90. The number of anilines is 2. The van der Waals surface area contributed by atoms with Gasteiger partial charge in [0.2, 0.25) is 0 Å². The molecule has 0 spiro atoms. The summed E-state index contributed by atoms with van der Waals surface area (Å²) in [5, 5.41) is 12.6. The van der Waals surface area contributed by atoms with Crippen LogP contribution in [0.25, 0.3) is 33.8 Å². The Kier molecular flexibility index (Phi) is 8.99. The summed E-state index contributed by atoms with van der Waals surface area (Å²) in [6.07, 6.45) is 19.2. The molecule has 7 aromatic rings. The number of nitrogens with one attached hydrogen (secondary N) is 1. The molecule has 1 amide bonds. The van der Waals surface area contributed by atoms with Crippen molar-refractivity contribution in [1.82, 2.24) is 57.6 Å². The van der Waals surface area contributed by atoms with Gasteiger partial charge in [-0.1, -0.05) is 0 Å². The van der Waals surface area contributed by atoms with Crippen molar-refractivity contribution < 1.29 is 17.9 Å². The maximum Gasteiger partial charge on any atom is 0.410 e. The van der Waals surface area contributed by atoms with E-state index in [1.165, 1.54) is 17.7 Å².